The van der Waals surface area contributed by atoms with Crippen molar-refractivity contribution in [2.75, 3.05) is 6.61 Å². The van der Waals surface area contributed by atoms with E-state index in [0.717, 1.165) is 12.1 Å². The predicted molar refractivity (Wildman–Crippen MR) is 106 cm³/mol. The van der Waals surface area contributed by atoms with Crippen LogP contribution in [-0.2, 0) is 17.4 Å². The molecule has 3 rings (SSSR count). The Morgan fingerprint density at radius 2 is 1.57 bits per heavy atom. The van der Waals surface area contributed by atoms with Gasteiger partial charge in [-0.1, -0.05) is 24.3 Å². The Balaban J connectivity index is 1.90. The first kappa shape index (κ1) is 21.2. The third-order valence-electron chi connectivity index (χ3n) is 4.20. The molecule has 0 fully saturated rings. The maximum absolute atomic E-state index is 13.0. The van der Waals surface area contributed by atoms with E-state index < -0.39 is 17.7 Å². The van der Waals surface area contributed by atoms with Crippen LogP contribution >= 0.6 is 0 Å². The smallest absolute Gasteiger partial charge is 0.416 e. The number of rotatable bonds is 7. The molecule has 0 aliphatic heterocycles. The van der Waals surface area contributed by atoms with Crippen molar-refractivity contribution in [3.63, 3.8) is 0 Å². The fourth-order valence-electron chi connectivity index (χ4n) is 2.97. The van der Waals surface area contributed by atoms with E-state index in [1.807, 2.05) is 6.92 Å². The number of carboxylic acid groups (broad SMARTS) is 1. The van der Waals surface area contributed by atoms with Crippen LogP contribution in [0.1, 0.15) is 18.1 Å². The van der Waals surface area contributed by atoms with Crippen molar-refractivity contribution in [1.29, 1.82) is 0 Å². The van der Waals surface area contributed by atoms with Crippen LogP contribution in [0.25, 0.3) is 11.1 Å². The van der Waals surface area contributed by atoms with Crippen LogP contribution < -0.4 is 9.47 Å². The fraction of sp³-hybridized carbons (Fsp3) is 0.174. The molecule has 3 aromatic carbocycles. The van der Waals surface area contributed by atoms with Gasteiger partial charge in [0.15, 0.2) is 0 Å². The van der Waals surface area contributed by atoms with Crippen molar-refractivity contribution in [3.8, 4) is 28.4 Å². The van der Waals surface area contributed by atoms with Crippen molar-refractivity contribution in [2.24, 2.45) is 0 Å². The zero-order valence-electron chi connectivity index (χ0n) is 16.1. The number of aliphatic carboxylic acids is 1. The van der Waals surface area contributed by atoms with Crippen LogP contribution in [0.5, 0.6) is 17.2 Å². The molecule has 0 atom stereocenters. The lowest BCUT2D eigenvalue weighted by Gasteiger charge is -2.12. The van der Waals surface area contributed by atoms with Gasteiger partial charge in [0.25, 0.3) is 0 Å². The highest BCUT2D eigenvalue weighted by Crippen LogP contribution is 2.34. The minimum atomic E-state index is -4.43. The Kier molecular flexibility index (Phi) is 6.30. The molecule has 0 saturated carbocycles. The number of hydrogen-bond donors (Lipinski definition) is 1. The van der Waals surface area contributed by atoms with Crippen LogP contribution in [0.2, 0.25) is 0 Å². The molecule has 0 aromatic heterocycles. The third-order valence-corrected chi connectivity index (χ3v) is 4.20. The van der Waals surface area contributed by atoms with Crippen LogP contribution in [0, 0.1) is 0 Å². The second-order valence-corrected chi connectivity index (χ2v) is 6.52. The molecule has 3 aromatic rings. The van der Waals surface area contributed by atoms with Crippen LogP contribution in [-0.4, -0.2) is 17.7 Å². The van der Waals surface area contributed by atoms with E-state index in [2.05, 4.69) is 0 Å². The Labute approximate surface area is 171 Å². The number of alkyl halides is 3. The topological polar surface area (TPSA) is 55.8 Å². The van der Waals surface area contributed by atoms with Gasteiger partial charge in [0.1, 0.15) is 17.2 Å². The molecule has 0 aliphatic rings. The minimum Gasteiger partial charge on any atom is -0.494 e. The molecule has 0 radical (unpaired) electrons. The van der Waals surface area contributed by atoms with E-state index in [1.165, 1.54) is 6.07 Å². The number of ether oxygens (including phenoxy) is 2. The number of carbonyl (C=O) groups is 1. The van der Waals surface area contributed by atoms with E-state index in [-0.39, 0.29) is 6.42 Å². The number of halogens is 3. The van der Waals surface area contributed by atoms with Gasteiger partial charge in [-0.25, -0.2) is 0 Å². The first-order valence-electron chi connectivity index (χ1n) is 9.18. The van der Waals surface area contributed by atoms with Crippen LogP contribution in [0.15, 0.2) is 66.7 Å². The third kappa shape index (κ3) is 5.53. The highest BCUT2D eigenvalue weighted by atomic mass is 19.4. The Bertz CT molecular complexity index is 1040. The van der Waals surface area contributed by atoms with E-state index in [9.17, 15) is 18.0 Å². The summed E-state index contributed by atoms with van der Waals surface area (Å²) in [4.78, 5) is 11.0. The van der Waals surface area contributed by atoms with Crippen LogP contribution in [0.4, 0.5) is 13.2 Å². The van der Waals surface area contributed by atoms with E-state index >= 15 is 0 Å². The van der Waals surface area contributed by atoms with Crippen molar-refractivity contribution >= 4 is 5.97 Å². The number of hydrogen-bond acceptors (Lipinski definition) is 3. The average Bonchev–Trinajstić information content (AvgIpc) is 2.67. The average molecular weight is 416 g/mol. The zero-order chi connectivity index (χ0) is 21.7. The van der Waals surface area contributed by atoms with Crippen molar-refractivity contribution in [1.82, 2.24) is 0 Å². The first-order valence-corrected chi connectivity index (χ1v) is 9.18. The summed E-state index contributed by atoms with van der Waals surface area (Å²) in [6, 6.07) is 16.6. The predicted octanol–water partition coefficient (Wildman–Crippen LogP) is 6.19. The normalized spacial score (nSPS) is 11.2. The van der Waals surface area contributed by atoms with Gasteiger partial charge in [-0.05, 0) is 60.0 Å². The minimum absolute atomic E-state index is 0.193. The highest BCUT2D eigenvalue weighted by molar-refractivity contribution is 5.71. The fourth-order valence-corrected chi connectivity index (χ4v) is 2.97. The molecule has 0 aliphatic carbocycles. The summed E-state index contributed by atoms with van der Waals surface area (Å²) < 4.78 is 50.3. The summed E-state index contributed by atoms with van der Waals surface area (Å²) in [6.07, 6.45) is -4.62. The maximum Gasteiger partial charge on any atom is 0.416 e. The molecule has 4 nitrogen and oxygen atoms in total. The molecule has 0 saturated heterocycles. The Hall–Kier alpha value is -3.48. The quantitative estimate of drug-likeness (QED) is 0.499. The summed E-state index contributed by atoms with van der Waals surface area (Å²) in [6.45, 7) is 2.21. The summed E-state index contributed by atoms with van der Waals surface area (Å²) in [7, 11) is 0. The zero-order valence-corrected chi connectivity index (χ0v) is 16.1. The molecule has 30 heavy (non-hydrogen) atoms. The van der Waals surface area contributed by atoms with Gasteiger partial charge < -0.3 is 14.6 Å². The molecule has 156 valence electrons. The number of carboxylic acids is 1. The standard InChI is InChI=1S/C23H19F3O4/c1-2-29-20-9-15(11-22(27)28)10-21(14-20)30-19-8-4-6-17(13-19)16-5-3-7-18(12-16)23(24,25)26/h3-10,12-14H,2,11H2,1H3,(H,27,28). The second kappa shape index (κ2) is 8.90. The van der Waals surface area contributed by atoms with Crippen molar-refractivity contribution in [2.45, 2.75) is 19.5 Å². The van der Waals surface area contributed by atoms with Crippen LogP contribution in [0.3, 0.4) is 0 Å². The maximum atomic E-state index is 13.0. The summed E-state index contributed by atoms with van der Waals surface area (Å²) >= 11 is 0. The SMILES string of the molecule is CCOc1cc(CC(=O)O)cc(Oc2cccc(-c3cccc(C(F)(F)F)c3)c2)c1. The highest BCUT2D eigenvalue weighted by Gasteiger charge is 2.30. The van der Waals surface area contributed by atoms with E-state index in [4.69, 9.17) is 14.6 Å². The molecule has 0 unspecified atom stereocenters. The van der Waals surface area contributed by atoms with E-state index in [1.54, 1.807) is 48.5 Å². The lowest BCUT2D eigenvalue weighted by atomic mass is 10.0. The number of benzene rings is 3. The Morgan fingerprint density at radius 3 is 2.23 bits per heavy atom. The summed E-state index contributed by atoms with van der Waals surface area (Å²) in [5, 5.41) is 9.05. The van der Waals surface area contributed by atoms with Gasteiger partial charge in [-0.15, -0.1) is 0 Å². The van der Waals surface area contributed by atoms with E-state index in [0.29, 0.717) is 40.5 Å². The molecular formula is C23H19F3O4. The van der Waals surface area contributed by atoms with Crippen molar-refractivity contribution in [3.05, 3.63) is 77.9 Å². The van der Waals surface area contributed by atoms with Crippen molar-refractivity contribution < 1.29 is 32.5 Å². The monoisotopic (exact) mass is 416 g/mol. The van der Waals surface area contributed by atoms with Gasteiger partial charge >= 0.3 is 12.1 Å². The summed E-state index contributed by atoms with van der Waals surface area (Å²) in [5.41, 5.74) is 0.752. The van der Waals surface area contributed by atoms with Gasteiger partial charge in [0.05, 0.1) is 18.6 Å². The molecule has 0 heterocycles. The van der Waals surface area contributed by atoms with Gasteiger partial charge in [-0.3, -0.25) is 4.79 Å². The lowest BCUT2D eigenvalue weighted by molar-refractivity contribution is -0.138. The van der Waals surface area contributed by atoms with Gasteiger partial charge in [0.2, 0.25) is 0 Å². The molecule has 0 bridgehead atoms. The Morgan fingerprint density at radius 1 is 0.900 bits per heavy atom. The lowest BCUT2D eigenvalue weighted by Crippen LogP contribution is -2.04. The molecule has 1 N–H and O–H groups in total. The molecule has 7 heteroatoms. The molecule has 0 amide bonds. The van der Waals surface area contributed by atoms with Gasteiger partial charge in [0, 0.05) is 6.07 Å². The molecule has 0 spiro atoms. The second-order valence-electron chi connectivity index (χ2n) is 6.52. The first-order chi connectivity index (χ1) is 14.2. The largest absolute Gasteiger partial charge is 0.494 e. The van der Waals surface area contributed by atoms with Gasteiger partial charge in [-0.2, -0.15) is 13.2 Å². The molecular weight excluding hydrogens is 397 g/mol. The summed E-state index contributed by atoms with van der Waals surface area (Å²) in [5.74, 6) is 0.264.